The average Bonchev–Trinajstić information content (AvgIpc) is 3.22. The number of hydrogen-bond acceptors (Lipinski definition) is 8. The van der Waals surface area contributed by atoms with Gasteiger partial charge in [-0.05, 0) is 111 Å². The monoisotopic (exact) mass is 567 g/mol. The SMILES string of the molecule is CC(C)(C)OC(=O)Nc1ccc(Nc2ccc(N=C3N(C(=O)OC(C)(C)C)CCN3C(=O)OC(C)(C)C)cc2)cc1. The Hall–Kier alpha value is -4.28. The highest BCUT2D eigenvalue weighted by Gasteiger charge is 2.39. The van der Waals surface area contributed by atoms with E-state index < -0.39 is 35.1 Å². The van der Waals surface area contributed by atoms with Gasteiger partial charge in [0.1, 0.15) is 16.8 Å². The molecule has 11 heteroatoms. The molecular formula is C30H41N5O6. The maximum atomic E-state index is 12.9. The lowest BCUT2D eigenvalue weighted by molar-refractivity contribution is 0.0374. The molecule has 1 fully saturated rings. The number of guanidine groups is 1. The summed E-state index contributed by atoms with van der Waals surface area (Å²) in [7, 11) is 0. The van der Waals surface area contributed by atoms with Crippen molar-refractivity contribution in [3.8, 4) is 0 Å². The number of hydrogen-bond donors (Lipinski definition) is 2. The molecule has 0 unspecified atom stereocenters. The summed E-state index contributed by atoms with van der Waals surface area (Å²) in [6.45, 7) is 16.5. The molecule has 2 aromatic carbocycles. The quantitative estimate of drug-likeness (QED) is 0.373. The summed E-state index contributed by atoms with van der Waals surface area (Å²) in [6, 6.07) is 14.4. The van der Waals surface area contributed by atoms with Crippen LogP contribution < -0.4 is 10.6 Å². The topological polar surface area (TPSA) is 122 Å². The summed E-state index contributed by atoms with van der Waals surface area (Å²) in [5.41, 5.74) is 0.742. The van der Waals surface area contributed by atoms with Crippen molar-refractivity contribution in [1.29, 1.82) is 0 Å². The highest BCUT2D eigenvalue weighted by Crippen LogP contribution is 2.25. The first-order valence-electron chi connectivity index (χ1n) is 13.5. The third-order valence-corrected chi connectivity index (χ3v) is 5.17. The van der Waals surface area contributed by atoms with Gasteiger partial charge in [0, 0.05) is 17.1 Å². The lowest BCUT2D eigenvalue weighted by Gasteiger charge is -2.27. The van der Waals surface area contributed by atoms with Crippen molar-refractivity contribution in [2.45, 2.75) is 79.1 Å². The van der Waals surface area contributed by atoms with Crippen LogP contribution in [0, 0.1) is 0 Å². The molecule has 1 aliphatic heterocycles. The second kappa shape index (κ2) is 12.1. The average molecular weight is 568 g/mol. The van der Waals surface area contributed by atoms with Gasteiger partial charge < -0.3 is 19.5 Å². The van der Waals surface area contributed by atoms with E-state index in [0.717, 1.165) is 11.4 Å². The van der Waals surface area contributed by atoms with Crippen molar-refractivity contribution >= 4 is 47.0 Å². The van der Waals surface area contributed by atoms with Gasteiger partial charge in [-0.3, -0.25) is 5.32 Å². The second-order valence-electron chi connectivity index (χ2n) is 12.6. The highest BCUT2D eigenvalue weighted by atomic mass is 16.6. The smallest absolute Gasteiger partial charge is 0.417 e. The summed E-state index contributed by atoms with van der Waals surface area (Å²) in [5, 5.41) is 5.99. The summed E-state index contributed by atoms with van der Waals surface area (Å²) in [5.74, 6) is 0.141. The third-order valence-electron chi connectivity index (χ3n) is 5.17. The normalized spacial score (nSPS) is 13.9. The number of amides is 3. The molecule has 0 aliphatic carbocycles. The predicted octanol–water partition coefficient (Wildman–Crippen LogP) is 7.25. The molecule has 0 radical (unpaired) electrons. The molecule has 0 spiro atoms. The van der Waals surface area contributed by atoms with Crippen LogP contribution in [0.3, 0.4) is 0 Å². The van der Waals surface area contributed by atoms with E-state index in [1.54, 1.807) is 86.6 Å². The Morgan fingerprint density at radius 2 is 1.02 bits per heavy atom. The molecule has 1 saturated heterocycles. The van der Waals surface area contributed by atoms with Crippen molar-refractivity contribution in [3.05, 3.63) is 48.5 Å². The van der Waals surface area contributed by atoms with Crippen LogP contribution in [0.4, 0.5) is 37.1 Å². The maximum absolute atomic E-state index is 12.9. The van der Waals surface area contributed by atoms with Crippen LogP contribution in [0.2, 0.25) is 0 Å². The van der Waals surface area contributed by atoms with Crippen LogP contribution in [-0.4, -0.2) is 63.9 Å². The van der Waals surface area contributed by atoms with Gasteiger partial charge in [0.2, 0.25) is 5.96 Å². The number of rotatable bonds is 4. The van der Waals surface area contributed by atoms with Crippen molar-refractivity contribution in [2.75, 3.05) is 23.7 Å². The van der Waals surface area contributed by atoms with Gasteiger partial charge >= 0.3 is 18.3 Å². The fourth-order valence-corrected chi connectivity index (χ4v) is 3.61. The minimum Gasteiger partial charge on any atom is -0.444 e. The zero-order valence-electron chi connectivity index (χ0n) is 25.3. The molecule has 1 aliphatic rings. The van der Waals surface area contributed by atoms with Gasteiger partial charge in [-0.15, -0.1) is 0 Å². The van der Waals surface area contributed by atoms with Crippen LogP contribution in [0.15, 0.2) is 53.5 Å². The Kier molecular flexibility index (Phi) is 9.20. The fraction of sp³-hybridized carbons (Fsp3) is 0.467. The maximum Gasteiger partial charge on any atom is 0.417 e. The molecule has 2 N–H and O–H groups in total. The van der Waals surface area contributed by atoms with Gasteiger partial charge in [0.15, 0.2) is 0 Å². The fourth-order valence-electron chi connectivity index (χ4n) is 3.61. The van der Waals surface area contributed by atoms with E-state index in [1.165, 1.54) is 9.80 Å². The molecule has 3 amide bonds. The van der Waals surface area contributed by atoms with Crippen LogP contribution in [0.5, 0.6) is 0 Å². The second-order valence-corrected chi connectivity index (χ2v) is 12.6. The van der Waals surface area contributed by atoms with Crippen LogP contribution in [0.1, 0.15) is 62.3 Å². The molecule has 11 nitrogen and oxygen atoms in total. The molecule has 222 valence electrons. The molecule has 0 saturated carbocycles. The predicted molar refractivity (Wildman–Crippen MR) is 159 cm³/mol. The van der Waals surface area contributed by atoms with Crippen LogP contribution >= 0.6 is 0 Å². The van der Waals surface area contributed by atoms with E-state index in [0.29, 0.717) is 11.4 Å². The Morgan fingerprint density at radius 3 is 1.44 bits per heavy atom. The van der Waals surface area contributed by atoms with Gasteiger partial charge in [-0.1, -0.05) is 0 Å². The summed E-state index contributed by atoms with van der Waals surface area (Å²) >= 11 is 0. The van der Waals surface area contributed by atoms with Crippen LogP contribution in [0.25, 0.3) is 0 Å². The third kappa shape index (κ3) is 10.0. The van der Waals surface area contributed by atoms with Gasteiger partial charge in [-0.25, -0.2) is 29.2 Å². The minimum absolute atomic E-state index is 0.141. The first kappa shape index (κ1) is 31.3. The number of carbonyl (C=O) groups excluding carboxylic acids is 3. The number of anilines is 3. The Labute approximate surface area is 241 Å². The standard InChI is InChI=1S/C30H41N5O6/c1-28(2,3)39-25(36)33-23-16-12-21(13-17-23)31-20-10-14-22(15-11-20)32-24-34(26(37)40-29(4,5)6)18-19-35(24)27(38)41-30(7,8)9/h10-17,31H,18-19H2,1-9H3,(H,33,36). The Balaban J connectivity index is 1.75. The Bertz CT molecular complexity index is 1230. The summed E-state index contributed by atoms with van der Waals surface area (Å²) in [4.78, 5) is 45.1. The lowest BCUT2D eigenvalue weighted by Crippen LogP contribution is -2.44. The molecule has 2 aromatic rings. The van der Waals surface area contributed by atoms with Crippen molar-refractivity contribution in [3.63, 3.8) is 0 Å². The van der Waals surface area contributed by atoms with Crippen LogP contribution in [-0.2, 0) is 14.2 Å². The van der Waals surface area contributed by atoms with E-state index in [4.69, 9.17) is 14.2 Å². The largest absolute Gasteiger partial charge is 0.444 e. The van der Waals surface area contributed by atoms with E-state index in [9.17, 15) is 14.4 Å². The number of nitrogens with zero attached hydrogens (tertiary/aromatic N) is 3. The Morgan fingerprint density at radius 1 is 0.634 bits per heavy atom. The van der Waals surface area contributed by atoms with E-state index in [-0.39, 0.29) is 19.0 Å². The highest BCUT2D eigenvalue weighted by molar-refractivity contribution is 6.04. The van der Waals surface area contributed by atoms with Crippen molar-refractivity contribution in [2.24, 2.45) is 4.99 Å². The van der Waals surface area contributed by atoms with E-state index in [1.807, 2.05) is 24.3 Å². The number of benzene rings is 2. The number of carbonyl (C=O) groups is 3. The molecular weight excluding hydrogens is 526 g/mol. The molecule has 0 aromatic heterocycles. The van der Waals surface area contributed by atoms with Gasteiger partial charge in [0.05, 0.1) is 18.8 Å². The molecule has 1 heterocycles. The molecule has 3 rings (SSSR count). The summed E-state index contributed by atoms with van der Waals surface area (Å²) in [6.07, 6.45) is -1.71. The molecule has 41 heavy (non-hydrogen) atoms. The number of nitrogens with one attached hydrogen (secondary N) is 2. The number of aliphatic imine (C=N–C) groups is 1. The zero-order valence-corrected chi connectivity index (χ0v) is 25.3. The lowest BCUT2D eigenvalue weighted by atomic mass is 10.2. The van der Waals surface area contributed by atoms with E-state index in [2.05, 4.69) is 15.6 Å². The zero-order chi connectivity index (χ0) is 30.6. The first-order valence-corrected chi connectivity index (χ1v) is 13.5. The van der Waals surface area contributed by atoms with E-state index >= 15 is 0 Å². The van der Waals surface area contributed by atoms with Gasteiger partial charge in [-0.2, -0.15) is 0 Å². The van der Waals surface area contributed by atoms with Gasteiger partial charge in [0.25, 0.3) is 0 Å². The minimum atomic E-state index is -0.709. The summed E-state index contributed by atoms with van der Waals surface area (Å²) < 4.78 is 16.4. The molecule has 0 atom stereocenters. The first-order chi connectivity index (χ1) is 18.9. The van der Waals surface area contributed by atoms with Crippen molar-refractivity contribution < 1.29 is 28.6 Å². The van der Waals surface area contributed by atoms with Crippen molar-refractivity contribution in [1.82, 2.24) is 9.80 Å². The number of ether oxygens (including phenoxy) is 3. The molecule has 0 bridgehead atoms.